The first kappa shape index (κ1) is 16.4. The fourth-order valence-electron chi connectivity index (χ4n) is 2.32. The van der Waals surface area contributed by atoms with Crippen LogP contribution in [-0.2, 0) is 4.79 Å². The molecule has 3 rings (SSSR count). The number of aryl methyl sites for hydroxylation is 1. The summed E-state index contributed by atoms with van der Waals surface area (Å²) in [7, 11) is 1.63. The van der Waals surface area contributed by atoms with Gasteiger partial charge in [0.05, 0.1) is 23.4 Å². The van der Waals surface area contributed by atoms with E-state index in [0.717, 1.165) is 28.0 Å². The van der Waals surface area contributed by atoms with Crippen LogP contribution in [0.2, 0.25) is 0 Å². The number of anilines is 1. The summed E-state index contributed by atoms with van der Waals surface area (Å²) in [5.41, 5.74) is 3.62. The zero-order valence-corrected chi connectivity index (χ0v) is 14.6. The molecular formula is C18H19N3O2S. The number of carbonyl (C=O) groups is 1. The van der Waals surface area contributed by atoms with Crippen LogP contribution in [0.3, 0.4) is 0 Å². The molecular weight excluding hydrogens is 322 g/mol. The summed E-state index contributed by atoms with van der Waals surface area (Å²) in [4.78, 5) is 20.1. The molecule has 1 heterocycles. The van der Waals surface area contributed by atoms with E-state index in [-0.39, 0.29) is 11.2 Å². The highest BCUT2D eigenvalue weighted by Gasteiger charge is 2.17. The van der Waals surface area contributed by atoms with Crippen molar-refractivity contribution in [2.45, 2.75) is 24.3 Å². The number of carbonyl (C=O) groups excluding carboxylic acids is 1. The molecule has 24 heavy (non-hydrogen) atoms. The number of hydrogen-bond acceptors (Lipinski definition) is 4. The molecule has 124 valence electrons. The number of benzene rings is 2. The third-order valence-corrected chi connectivity index (χ3v) is 4.71. The first-order valence-corrected chi connectivity index (χ1v) is 8.51. The van der Waals surface area contributed by atoms with Crippen LogP contribution in [0.15, 0.2) is 47.6 Å². The van der Waals surface area contributed by atoms with Gasteiger partial charge in [0.15, 0.2) is 5.16 Å². The zero-order chi connectivity index (χ0) is 17.1. The van der Waals surface area contributed by atoms with Crippen LogP contribution >= 0.6 is 11.8 Å². The number of nitrogens with one attached hydrogen (secondary N) is 2. The molecule has 1 amide bonds. The van der Waals surface area contributed by atoms with Gasteiger partial charge in [0.1, 0.15) is 5.75 Å². The number of imidazole rings is 1. The Morgan fingerprint density at radius 3 is 2.83 bits per heavy atom. The second-order valence-electron chi connectivity index (χ2n) is 5.49. The quantitative estimate of drug-likeness (QED) is 0.688. The smallest absolute Gasteiger partial charge is 0.237 e. The molecule has 6 heteroatoms. The van der Waals surface area contributed by atoms with Crippen molar-refractivity contribution in [3.63, 3.8) is 0 Å². The van der Waals surface area contributed by atoms with E-state index in [4.69, 9.17) is 4.74 Å². The Hall–Kier alpha value is -2.47. The maximum atomic E-state index is 12.4. The molecule has 1 aromatic heterocycles. The number of fused-ring (bicyclic) bond motifs is 1. The molecule has 0 radical (unpaired) electrons. The van der Waals surface area contributed by atoms with Crippen molar-refractivity contribution < 1.29 is 9.53 Å². The van der Waals surface area contributed by atoms with E-state index < -0.39 is 0 Å². The molecule has 2 N–H and O–H groups in total. The summed E-state index contributed by atoms with van der Waals surface area (Å²) in [6.45, 7) is 3.84. The number of ether oxygens (including phenoxy) is 1. The largest absolute Gasteiger partial charge is 0.497 e. The van der Waals surface area contributed by atoms with Gasteiger partial charge in [-0.25, -0.2) is 4.98 Å². The first-order valence-electron chi connectivity index (χ1n) is 7.63. The third-order valence-electron chi connectivity index (χ3n) is 3.73. The number of nitrogens with zero attached hydrogens (tertiary/aromatic N) is 1. The highest BCUT2D eigenvalue weighted by atomic mass is 32.2. The number of thioether (sulfide) groups is 1. The van der Waals surface area contributed by atoms with E-state index in [0.29, 0.717) is 5.16 Å². The summed E-state index contributed by atoms with van der Waals surface area (Å²) in [6.07, 6.45) is 0. The Bertz CT molecular complexity index is 876. The SMILES string of the molecule is COc1ccc2nc(S[C@H](C)C(=O)Nc3ccccc3C)[nH]c2c1. The molecule has 2 aromatic carbocycles. The van der Waals surface area contributed by atoms with Crippen LogP contribution in [0.4, 0.5) is 5.69 Å². The standard InChI is InChI=1S/C18H19N3O2S/c1-11-6-4-5-7-14(11)19-17(22)12(2)24-18-20-15-9-8-13(23-3)10-16(15)21-18/h4-10,12H,1-3H3,(H,19,22)(H,20,21)/t12-/m1/s1. The van der Waals surface area contributed by atoms with Gasteiger partial charge in [-0.15, -0.1) is 0 Å². The van der Waals surface area contributed by atoms with Gasteiger partial charge in [0.25, 0.3) is 0 Å². The van der Waals surface area contributed by atoms with Gasteiger partial charge in [-0.2, -0.15) is 0 Å². The van der Waals surface area contributed by atoms with E-state index in [2.05, 4.69) is 15.3 Å². The Labute approximate surface area is 144 Å². The Morgan fingerprint density at radius 1 is 1.29 bits per heavy atom. The van der Waals surface area contributed by atoms with Crippen molar-refractivity contribution in [1.29, 1.82) is 0 Å². The summed E-state index contributed by atoms with van der Waals surface area (Å²) >= 11 is 1.40. The lowest BCUT2D eigenvalue weighted by molar-refractivity contribution is -0.115. The van der Waals surface area contributed by atoms with Gasteiger partial charge in [-0.05, 0) is 37.6 Å². The molecule has 0 bridgehead atoms. The lowest BCUT2D eigenvalue weighted by Gasteiger charge is -2.12. The Kier molecular flexibility index (Phi) is 4.76. The maximum absolute atomic E-state index is 12.4. The molecule has 0 aliphatic carbocycles. The highest BCUT2D eigenvalue weighted by molar-refractivity contribution is 8.00. The Balaban J connectivity index is 1.71. The topological polar surface area (TPSA) is 67.0 Å². The van der Waals surface area contributed by atoms with E-state index >= 15 is 0 Å². The number of rotatable bonds is 5. The van der Waals surface area contributed by atoms with Crippen LogP contribution in [0.25, 0.3) is 11.0 Å². The van der Waals surface area contributed by atoms with Gasteiger partial charge in [-0.3, -0.25) is 4.79 Å². The first-order chi connectivity index (χ1) is 11.6. The lowest BCUT2D eigenvalue weighted by atomic mass is 10.2. The minimum atomic E-state index is -0.271. The van der Waals surface area contributed by atoms with Crippen LogP contribution < -0.4 is 10.1 Å². The minimum Gasteiger partial charge on any atom is -0.497 e. The predicted molar refractivity (Wildman–Crippen MR) is 97.8 cm³/mol. The summed E-state index contributed by atoms with van der Waals surface area (Å²) in [6, 6.07) is 13.4. The second kappa shape index (κ2) is 6.97. The minimum absolute atomic E-state index is 0.0488. The number of aromatic amines is 1. The number of para-hydroxylation sites is 1. The molecule has 0 fully saturated rings. The van der Waals surface area contributed by atoms with Crippen molar-refractivity contribution in [2.24, 2.45) is 0 Å². The van der Waals surface area contributed by atoms with Crippen molar-refractivity contribution in [1.82, 2.24) is 9.97 Å². The van der Waals surface area contributed by atoms with Gasteiger partial charge in [0, 0.05) is 11.8 Å². The second-order valence-corrected chi connectivity index (χ2v) is 6.82. The summed E-state index contributed by atoms with van der Waals surface area (Å²) in [5.74, 6) is 0.723. The number of H-pyrrole nitrogens is 1. The fraction of sp³-hybridized carbons (Fsp3) is 0.222. The average Bonchev–Trinajstić information content (AvgIpc) is 2.97. The van der Waals surface area contributed by atoms with E-state index in [9.17, 15) is 4.79 Å². The number of aromatic nitrogens is 2. The van der Waals surface area contributed by atoms with E-state index in [1.165, 1.54) is 11.8 Å². The number of hydrogen-bond donors (Lipinski definition) is 2. The molecule has 0 aliphatic heterocycles. The molecule has 0 aliphatic rings. The number of amides is 1. The van der Waals surface area contributed by atoms with Crippen LogP contribution in [0, 0.1) is 6.92 Å². The third kappa shape index (κ3) is 3.54. The average molecular weight is 341 g/mol. The van der Waals surface area contributed by atoms with Gasteiger partial charge in [-0.1, -0.05) is 30.0 Å². The van der Waals surface area contributed by atoms with Gasteiger partial charge < -0.3 is 15.0 Å². The van der Waals surface area contributed by atoms with Crippen molar-refractivity contribution in [2.75, 3.05) is 12.4 Å². The molecule has 0 saturated heterocycles. The predicted octanol–water partition coefficient (Wildman–Crippen LogP) is 4.00. The maximum Gasteiger partial charge on any atom is 0.237 e. The summed E-state index contributed by atoms with van der Waals surface area (Å²) in [5, 5.41) is 3.40. The Morgan fingerprint density at radius 2 is 2.08 bits per heavy atom. The molecule has 3 aromatic rings. The normalized spacial score (nSPS) is 12.1. The van der Waals surface area contributed by atoms with Crippen LogP contribution in [0.5, 0.6) is 5.75 Å². The van der Waals surface area contributed by atoms with Crippen LogP contribution in [0.1, 0.15) is 12.5 Å². The van der Waals surface area contributed by atoms with Crippen molar-refractivity contribution >= 4 is 34.4 Å². The fourth-order valence-corrected chi connectivity index (χ4v) is 3.14. The highest BCUT2D eigenvalue weighted by Crippen LogP contribution is 2.26. The zero-order valence-electron chi connectivity index (χ0n) is 13.8. The molecule has 0 unspecified atom stereocenters. The molecule has 5 nitrogen and oxygen atoms in total. The van der Waals surface area contributed by atoms with Gasteiger partial charge >= 0.3 is 0 Å². The lowest BCUT2D eigenvalue weighted by Crippen LogP contribution is -2.22. The van der Waals surface area contributed by atoms with Crippen molar-refractivity contribution in [3.05, 3.63) is 48.0 Å². The van der Waals surface area contributed by atoms with Gasteiger partial charge in [0.2, 0.25) is 5.91 Å². The monoisotopic (exact) mass is 341 g/mol. The number of methoxy groups -OCH3 is 1. The van der Waals surface area contributed by atoms with E-state index in [1.807, 2.05) is 56.3 Å². The molecule has 0 spiro atoms. The van der Waals surface area contributed by atoms with Crippen molar-refractivity contribution in [3.8, 4) is 5.75 Å². The molecule has 1 atom stereocenters. The van der Waals surface area contributed by atoms with E-state index in [1.54, 1.807) is 7.11 Å². The summed E-state index contributed by atoms with van der Waals surface area (Å²) < 4.78 is 5.21. The van der Waals surface area contributed by atoms with Crippen LogP contribution in [-0.4, -0.2) is 28.2 Å². The molecule has 0 saturated carbocycles.